The van der Waals surface area contributed by atoms with Gasteiger partial charge in [-0.05, 0) is 25.1 Å². The second-order valence-corrected chi connectivity index (χ2v) is 6.42. The van der Waals surface area contributed by atoms with Crippen LogP contribution in [-0.4, -0.2) is 48.7 Å². The molecular formula is C21H29IN4O2. The average Bonchev–Trinajstić information content (AvgIpc) is 2.72. The zero-order valence-electron chi connectivity index (χ0n) is 16.5. The van der Waals surface area contributed by atoms with Gasteiger partial charge in [-0.25, -0.2) is 4.98 Å². The number of guanidine groups is 1. The van der Waals surface area contributed by atoms with Crippen molar-refractivity contribution in [3.05, 3.63) is 54.2 Å². The van der Waals surface area contributed by atoms with Gasteiger partial charge in [0.05, 0.1) is 6.61 Å². The summed E-state index contributed by atoms with van der Waals surface area (Å²) in [6, 6.07) is 14.0. The molecule has 1 aliphatic rings. The minimum absolute atomic E-state index is 0. The van der Waals surface area contributed by atoms with Crippen molar-refractivity contribution in [3.63, 3.8) is 0 Å². The molecule has 1 saturated heterocycles. The highest BCUT2D eigenvalue weighted by Crippen LogP contribution is 2.19. The highest BCUT2D eigenvalue weighted by Gasteiger charge is 2.22. The number of halogens is 1. The van der Waals surface area contributed by atoms with Crippen LogP contribution in [0.25, 0.3) is 0 Å². The van der Waals surface area contributed by atoms with E-state index in [2.05, 4.69) is 20.2 Å². The quantitative estimate of drug-likeness (QED) is 0.376. The molecule has 1 N–H and O–H groups in total. The molecule has 2 aromatic rings. The van der Waals surface area contributed by atoms with Crippen LogP contribution < -0.4 is 14.8 Å². The van der Waals surface area contributed by atoms with Crippen molar-refractivity contribution in [2.75, 3.05) is 26.7 Å². The van der Waals surface area contributed by atoms with Crippen LogP contribution in [0.3, 0.4) is 0 Å². The average molecular weight is 496 g/mol. The number of hydrogen-bond donors (Lipinski definition) is 1. The lowest BCUT2D eigenvalue weighted by Gasteiger charge is -2.34. The summed E-state index contributed by atoms with van der Waals surface area (Å²) in [7, 11) is 1.82. The second kappa shape index (κ2) is 11.7. The molecule has 1 aromatic heterocycles. The molecule has 1 fully saturated rings. The van der Waals surface area contributed by atoms with Crippen LogP contribution in [-0.2, 0) is 6.54 Å². The van der Waals surface area contributed by atoms with Crippen LogP contribution in [0.4, 0.5) is 0 Å². The largest absolute Gasteiger partial charge is 0.490 e. The summed E-state index contributed by atoms with van der Waals surface area (Å²) in [6.45, 7) is 5.04. The van der Waals surface area contributed by atoms with Gasteiger partial charge in [-0.2, -0.15) is 0 Å². The maximum Gasteiger partial charge on any atom is 0.218 e. The smallest absolute Gasteiger partial charge is 0.218 e. The summed E-state index contributed by atoms with van der Waals surface area (Å²) in [5.41, 5.74) is 1.03. The molecule has 1 aromatic carbocycles. The lowest BCUT2D eigenvalue weighted by molar-refractivity contribution is 0.129. The lowest BCUT2D eigenvalue weighted by atomic mass is 10.1. The van der Waals surface area contributed by atoms with Gasteiger partial charge in [0.1, 0.15) is 11.9 Å². The maximum absolute atomic E-state index is 6.08. The van der Waals surface area contributed by atoms with Crippen LogP contribution in [0.15, 0.2) is 53.7 Å². The Labute approximate surface area is 184 Å². The Bertz CT molecular complexity index is 734. The second-order valence-electron chi connectivity index (χ2n) is 6.42. The predicted molar refractivity (Wildman–Crippen MR) is 123 cm³/mol. The summed E-state index contributed by atoms with van der Waals surface area (Å²) in [4.78, 5) is 11.0. The van der Waals surface area contributed by atoms with E-state index in [0.29, 0.717) is 19.0 Å². The van der Waals surface area contributed by atoms with Crippen LogP contribution in [0, 0.1) is 0 Å². The maximum atomic E-state index is 6.08. The van der Waals surface area contributed by atoms with E-state index in [4.69, 9.17) is 9.47 Å². The van der Waals surface area contributed by atoms with Crippen molar-refractivity contribution in [1.82, 2.24) is 15.2 Å². The number of piperidine rings is 1. The zero-order chi connectivity index (χ0) is 18.9. The number of aromatic nitrogens is 1. The van der Waals surface area contributed by atoms with Crippen molar-refractivity contribution >= 4 is 29.9 Å². The SMILES string of the molecule is CCOc1ncccc1CNC(=NC)N1CCC(Oc2ccccc2)CC1.I. The number of aliphatic imine (C=N–C) groups is 1. The van der Waals surface area contributed by atoms with Gasteiger partial charge in [-0.15, -0.1) is 24.0 Å². The topological polar surface area (TPSA) is 59.0 Å². The van der Waals surface area contributed by atoms with Crippen LogP contribution >= 0.6 is 24.0 Å². The van der Waals surface area contributed by atoms with Crippen molar-refractivity contribution < 1.29 is 9.47 Å². The third-order valence-corrected chi connectivity index (χ3v) is 4.57. The number of ether oxygens (including phenoxy) is 2. The Balaban J connectivity index is 0.00000280. The minimum Gasteiger partial charge on any atom is -0.490 e. The van der Waals surface area contributed by atoms with Gasteiger partial charge in [0.2, 0.25) is 5.88 Å². The highest BCUT2D eigenvalue weighted by molar-refractivity contribution is 14.0. The molecule has 0 amide bonds. The Morgan fingerprint density at radius 2 is 1.93 bits per heavy atom. The summed E-state index contributed by atoms with van der Waals surface area (Å²) >= 11 is 0. The van der Waals surface area contributed by atoms with E-state index in [9.17, 15) is 0 Å². The summed E-state index contributed by atoms with van der Waals surface area (Å²) in [5, 5.41) is 3.43. The molecule has 0 atom stereocenters. The van der Waals surface area contributed by atoms with Crippen molar-refractivity contribution in [1.29, 1.82) is 0 Å². The van der Waals surface area contributed by atoms with E-state index in [1.807, 2.05) is 56.4 Å². The molecule has 0 unspecified atom stereocenters. The van der Waals surface area contributed by atoms with E-state index in [1.165, 1.54) is 0 Å². The summed E-state index contributed by atoms with van der Waals surface area (Å²) in [6.07, 6.45) is 3.96. The molecule has 0 radical (unpaired) electrons. The van der Waals surface area contributed by atoms with Crippen LogP contribution in [0.5, 0.6) is 11.6 Å². The first kappa shape index (κ1) is 22.3. The molecular weight excluding hydrogens is 467 g/mol. The first-order chi connectivity index (χ1) is 13.3. The minimum atomic E-state index is 0. The van der Waals surface area contributed by atoms with Gasteiger partial charge in [0.15, 0.2) is 5.96 Å². The number of likely N-dealkylation sites (tertiary alicyclic amines) is 1. The molecule has 0 bridgehead atoms. The Kier molecular flexibility index (Phi) is 9.33. The fourth-order valence-electron chi connectivity index (χ4n) is 3.21. The predicted octanol–water partition coefficient (Wildman–Crippen LogP) is 3.72. The first-order valence-electron chi connectivity index (χ1n) is 9.54. The Morgan fingerprint density at radius 1 is 1.18 bits per heavy atom. The third-order valence-electron chi connectivity index (χ3n) is 4.57. The molecule has 28 heavy (non-hydrogen) atoms. The molecule has 0 aliphatic carbocycles. The molecule has 152 valence electrons. The standard InChI is InChI=1S/C21H28N4O2.HI/c1-3-26-20-17(8-7-13-23-20)16-24-21(22-2)25-14-11-19(12-15-25)27-18-9-5-4-6-10-18;/h4-10,13,19H,3,11-12,14-16H2,1-2H3,(H,22,24);1H. The first-order valence-corrected chi connectivity index (χ1v) is 9.54. The summed E-state index contributed by atoms with van der Waals surface area (Å²) < 4.78 is 11.7. The molecule has 0 saturated carbocycles. The van der Waals surface area contributed by atoms with E-state index < -0.39 is 0 Å². The van der Waals surface area contributed by atoms with Gasteiger partial charge < -0.3 is 19.7 Å². The number of rotatable bonds is 6. The number of nitrogens with one attached hydrogen (secondary N) is 1. The Hall–Kier alpha value is -2.03. The molecule has 6 nitrogen and oxygen atoms in total. The van der Waals surface area contributed by atoms with E-state index in [0.717, 1.165) is 43.2 Å². The van der Waals surface area contributed by atoms with Gasteiger partial charge >= 0.3 is 0 Å². The molecule has 0 spiro atoms. The Morgan fingerprint density at radius 3 is 2.61 bits per heavy atom. The molecule has 2 heterocycles. The van der Waals surface area contributed by atoms with Gasteiger partial charge in [-0.3, -0.25) is 4.99 Å². The lowest BCUT2D eigenvalue weighted by Crippen LogP contribution is -2.47. The monoisotopic (exact) mass is 496 g/mol. The van der Waals surface area contributed by atoms with E-state index in [-0.39, 0.29) is 30.1 Å². The highest BCUT2D eigenvalue weighted by atomic mass is 127. The fourth-order valence-corrected chi connectivity index (χ4v) is 3.21. The van der Waals surface area contributed by atoms with Gasteiger partial charge in [0.25, 0.3) is 0 Å². The van der Waals surface area contributed by atoms with Crippen LogP contribution in [0.2, 0.25) is 0 Å². The van der Waals surface area contributed by atoms with E-state index >= 15 is 0 Å². The fraction of sp³-hybridized carbons (Fsp3) is 0.429. The zero-order valence-corrected chi connectivity index (χ0v) is 18.8. The van der Waals surface area contributed by atoms with Gasteiger partial charge in [-0.1, -0.05) is 24.3 Å². The number of hydrogen-bond acceptors (Lipinski definition) is 4. The third kappa shape index (κ3) is 6.25. The normalized spacial score (nSPS) is 14.9. The van der Waals surface area contributed by atoms with E-state index in [1.54, 1.807) is 6.20 Å². The number of pyridine rings is 1. The van der Waals surface area contributed by atoms with Crippen molar-refractivity contribution in [2.24, 2.45) is 4.99 Å². The van der Waals surface area contributed by atoms with Crippen molar-refractivity contribution in [3.8, 4) is 11.6 Å². The van der Waals surface area contributed by atoms with Crippen molar-refractivity contribution in [2.45, 2.75) is 32.4 Å². The number of nitrogens with zero attached hydrogens (tertiary/aromatic N) is 3. The molecule has 7 heteroatoms. The van der Waals surface area contributed by atoms with Gasteiger partial charge in [0, 0.05) is 51.3 Å². The summed E-state index contributed by atoms with van der Waals surface area (Å²) in [5.74, 6) is 2.52. The molecule has 3 rings (SSSR count). The molecule has 1 aliphatic heterocycles. The number of benzene rings is 1. The number of para-hydroxylation sites is 1. The van der Waals surface area contributed by atoms with Crippen LogP contribution in [0.1, 0.15) is 25.3 Å².